The van der Waals surface area contributed by atoms with Gasteiger partial charge in [-0.1, -0.05) is 56.0 Å². The average molecular weight is 285 g/mol. The molecule has 0 radical (unpaired) electrons. The number of hydrogen-bond donors (Lipinski definition) is 0. The van der Waals surface area contributed by atoms with Crippen molar-refractivity contribution in [1.29, 1.82) is 0 Å². The first kappa shape index (κ1) is 12.7. The van der Waals surface area contributed by atoms with Crippen molar-refractivity contribution in [2.45, 2.75) is 50.3 Å². The van der Waals surface area contributed by atoms with Gasteiger partial charge in [-0.2, -0.15) is 0 Å². The van der Waals surface area contributed by atoms with Gasteiger partial charge in [0.15, 0.2) is 0 Å². The molecule has 0 nitrogen and oxygen atoms in total. The van der Waals surface area contributed by atoms with Gasteiger partial charge in [-0.15, -0.1) is 11.6 Å². The summed E-state index contributed by atoms with van der Waals surface area (Å²) in [6.45, 7) is 0. The lowest BCUT2D eigenvalue weighted by molar-refractivity contribution is 0.496. The second-order valence-corrected chi connectivity index (χ2v) is 7.03. The van der Waals surface area contributed by atoms with Crippen LogP contribution >= 0.6 is 11.6 Å². The van der Waals surface area contributed by atoms with E-state index >= 15 is 0 Å². The van der Waals surface area contributed by atoms with Crippen LogP contribution in [0.4, 0.5) is 0 Å². The summed E-state index contributed by atoms with van der Waals surface area (Å²) >= 11 is 6.79. The minimum atomic E-state index is 0.183. The molecule has 20 heavy (non-hydrogen) atoms. The monoisotopic (exact) mass is 284 g/mol. The van der Waals surface area contributed by atoms with Crippen LogP contribution in [0.3, 0.4) is 0 Å². The van der Waals surface area contributed by atoms with Crippen molar-refractivity contribution in [1.82, 2.24) is 0 Å². The van der Waals surface area contributed by atoms with E-state index < -0.39 is 0 Å². The quantitative estimate of drug-likeness (QED) is 0.625. The first-order valence-corrected chi connectivity index (χ1v) is 8.44. The standard InChI is InChI=1S/C19H21Cl/c20-18(12-13-4-1-2-5-13)16-11-10-15-9-8-14-6-3-7-17(16)19(14)15/h3,6-7,10-11,13,18H,1-2,4-5,8-9,12H2. The Morgan fingerprint density at radius 1 is 1.00 bits per heavy atom. The molecule has 1 heteroatoms. The number of rotatable bonds is 3. The second kappa shape index (κ2) is 5.07. The highest BCUT2D eigenvalue weighted by Crippen LogP contribution is 2.41. The molecule has 0 amide bonds. The highest BCUT2D eigenvalue weighted by Gasteiger charge is 2.23. The van der Waals surface area contributed by atoms with Crippen LogP contribution < -0.4 is 0 Å². The molecule has 2 aliphatic rings. The van der Waals surface area contributed by atoms with Crippen molar-refractivity contribution in [3.63, 3.8) is 0 Å². The summed E-state index contributed by atoms with van der Waals surface area (Å²) in [6, 6.07) is 11.4. The van der Waals surface area contributed by atoms with Crippen molar-refractivity contribution in [3.8, 4) is 0 Å². The Bertz CT molecular complexity index is 627. The smallest absolute Gasteiger partial charge is 0.0594 e. The minimum absolute atomic E-state index is 0.183. The molecule has 1 unspecified atom stereocenters. The minimum Gasteiger partial charge on any atom is -0.118 e. The van der Waals surface area contributed by atoms with E-state index in [4.69, 9.17) is 11.6 Å². The molecule has 0 aromatic heterocycles. The number of aryl methyl sites for hydroxylation is 2. The third-order valence-corrected chi connectivity index (χ3v) is 5.68. The summed E-state index contributed by atoms with van der Waals surface area (Å²) in [7, 11) is 0. The molecule has 0 heterocycles. The van der Waals surface area contributed by atoms with Crippen LogP contribution in [-0.4, -0.2) is 0 Å². The van der Waals surface area contributed by atoms with E-state index in [-0.39, 0.29) is 5.38 Å². The molecule has 2 aromatic rings. The van der Waals surface area contributed by atoms with Gasteiger partial charge in [0.25, 0.3) is 0 Å². The zero-order valence-corrected chi connectivity index (χ0v) is 12.6. The first-order valence-electron chi connectivity index (χ1n) is 8.00. The zero-order chi connectivity index (χ0) is 13.5. The Morgan fingerprint density at radius 2 is 1.75 bits per heavy atom. The second-order valence-electron chi connectivity index (χ2n) is 6.51. The average Bonchev–Trinajstić information content (AvgIpc) is 3.10. The Morgan fingerprint density at radius 3 is 2.55 bits per heavy atom. The van der Waals surface area contributed by atoms with E-state index in [9.17, 15) is 0 Å². The SMILES string of the molecule is ClC(CC1CCCC1)c1ccc2c3c(cccc13)CC2. The summed E-state index contributed by atoms with van der Waals surface area (Å²) in [6.07, 6.45) is 9.11. The Hall–Kier alpha value is -1.01. The van der Waals surface area contributed by atoms with Gasteiger partial charge >= 0.3 is 0 Å². The molecule has 0 saturated heterocycles. The highest BCUT2D eigenvalue weighted by atomic mass is 35.5. The van der Waals surface area contributed by atoms with E-state index in [1.165, 1.54) is 66.0 Å². The van der Waals surface area contributed by atoms with Crippen LogP contribution in [0.2, 0.25) is 0 Å². The van der Waals surface area contributed by atoms with Crippen molar-refractivity contribution < 1.29 is 0 Å². The maximum absolute atomic E-state index is 6.79. The molecule has 0 aliphatic heterocycles. The van der Waals surface area contributed by atoms with Gasteiger partial charge in [0.1, 0.15) is 0 Å². The Labute approximate surface area is 126 Å². The Kier molecular flexibility index (Phi) is 3.22. The summed E-state index contributed by atoms with van der Waals surface area (Å²) < 4.78 is 0. The third-order valence-electron chi connectivity index (χ3n) is 5.26. The normalized spacial score (nSPS) is 19.9. The third kappa shape index (κ3) is 2.05. The molecule has 0 N–H and O–H groups in total. The van der Waals surface area contributed by atoms with Crippen LogP contribution in [0.1, 0.15) is 54.2 Å². The van der Waals surface area contributed by atoms with Gasteiger partial charge in [-0.3, -0.25) is 0 Å². The maximum Gasteiger partial charge on any atom is 0.0594 e. The maximum atomic E-state index is 6.79. The van der Waals surface area contributed by atoms with E-state index in [0.717, 1.165) is 12.3 Å². The predicted molar refractivity (Wildman–Crippen MR) is 86.5 cm³/mol. The van der Waals surface area contributed by atoms with Gasteiger partial charge in [-0.05, 0) is 52.6 Å². The van der Waals surface area contributed by atoms with E-state index in [1.54, 1.807) is 0 Å². The number of hydrogen-bond acceptors (Lipinski definition) is 0. The lowest BCUT2D eigenvalue weighted by atomic mass is 9.93. The largest absolute Gasteiger partial charge is 0.118 e. The lowest BCUT2D eigenvalue weighted by Crippen LogP contribution is -2.01. The summed E-state index contributed by atoms with van der Waals surface area (Å²) in [5.41, 5.74) is 4.40. The fourth-order valence-corrected chi connectivity index (χ4v) is 4.65. The molecule has 4 rings (SSSR count). The molecule has 2 aromatic carbocycles. The summed E-state index contributed by atoms with van der Waals surface area (Å²) in [4.78, 5) is 0. The molecule has 104 valence electrons. The van der Waals surface area contributed by atoms with Crippen LogP contribution in [0.5, 0.6) is 0 Å². The van der Waals surface area contributed by atoms with Crippen LogP contribution in [0.15, 0.2) is 30.3 Å². The Balaban J connectivity index is 1.73. The molecular formula is C19H21Cl. The number of alkyl halides is 1. The van der Waals surface area contributed by atoms with Crippen LogP contribution in [0.25, 0.3) is 10.8 Å². The zero-order valence-electron chi connectivity index (χ0n) is 11.9. The van der Waals surface area contributed by atoms with E-state index in [0.29, 0.717) is 0 Å². The molecular weight excluding hydrogens is 264 g/mol. The van der Waals surface area contributed by atoms with Gasteiger partial charge in [0, 0.05) is 0 Å². The first-order chi connectivity index (χ1) is 9.83. The molecule has 1 fully saturated rings. The number of halogens is 1. The van der Waals surface area contributed by atoms with Gasteiger partial charge < -0.3 is 0 Å². The van der Waals surface area contributed by atoms with Crippen molar-refractivity contribution in [3.05, 3.63) is 47.0 Å². The fraction of sp³-hybridized carbons (Fsp3) is 0.474. The van der Waals surface area contributed by atoms with Crippen molar-refractivity contribution in [2.24, 2.45) is 5.92 Å². The highest BCUT2D eigenvalue weighted by molar-refractivity contribution is 6.22. The molecule has 1 atom stereocenters. The summed E-state index contributed by atoms with van der Waals surface area (Å²) in [5, 5.41) is 3.10. The molecule has 0 spiro atoms. The van der Waals surface area contributed by atoms with Crippen molar-refractivity contribution >= 4 is 22.4 Å². The van der Waals surface area contributed by atoms with Crippen molar-refractivity contribution in [2.75, 3.05) is 0 Å². The van der Waals surface area contributed by atoms with Crippen LogP contribution in [0, 0.1) is 5.92 Å². The van der Waals surface area contributed by atoms with Gasteiger partial charge in [0.05, 0.1) is 5.38 Å². The van der Waals surface area contributed by atoms with Crippen LogP contribution in [-0.2, 0) is 12.8 Å². The summed E-state index contributed by atoms with van der Waals surface area (Å²) in [5.74, 6) is 0.848. The lowest BCUT2D eigenvalue weighted by Gasteiger charge is -2.17. The molecule has 1 saturated carbocycles. The van der Waals surface area contributed by atoms with E-state index in [2.05, 4.69) is 30.3 Å². The predicted octanol–water partition coefficient (Wildman–Crippen LogP) is 5.80. The molecule has 2 aliphatic carbocycles. The van der Waals surface area contributed by atoms with Gasteiger partial charge in [0.2, 0.25) is 0 Å². The molecule has 0 bridgehead atoms. The van der Waals surface area contributed by atoms with E-state index in [1.807, 2.05) is 0 Å². The number of benzene rings is 2. The topological polar surface area (TPSA) is 0 Å². The fourth-order valence-electron chi connectivity index (χ4n) is 4.21. The van der Waals surface area contributed by atoms with Gasteiger partial charge in [-0.25, -0.2) is 0 Å².